The van der Waals surface area contributed by atoms with Gasteiger partial charge >= 0.3 is 5.97 Å². The second kappa shape index (κ2) is 11.5. The number of pyridine rings is 1. The summed E-state index contributed by atoms with van der Waals surface area (Å²) in [4.78, 5) is 18.0. The molecule has 3 aromatic rings. The van der Waals surface area contributed by atoms with E-state index in [1.807, 2.05) is 65.0 Å². The van der Waals surface area contributed by atoms with Crippen molar-refractivity contribution >= 4 is 12.0 Å². The second-order valence-corrected chi connectivity index (χ2v) is 13.2. The molecule has 6 nitrogen and oxygen atoms in total. The van der Waals surface area contributed by atoms with E-state index in [4.69, 9.17) is 23.9 Å². The lowest BCUT2D eigenvalue weighted by molar-refractivity contribution is -0.290. The zero-order chi connectivity index (χ0) is 30.4. The third-order valence-corrected chi connectivity index (χ3v) is 7.89. The maximum absolute atomic E-state index is 14.1. The fraction of sp³-hybridized carbons (Fsp3) is 0.444. The third-order valence-electron chi connectivity index (χ3n) is 7.89. The van der Waals surface area contributed by atoms with Crippen molar-refractivity contribution in [3.05, 3.63) is 77.2 Å². The van der Waals surface area contributed by atoms with Crippen LogP contribution in [-0.2, 0) is 25.4 Å². The molecule has 43 heavy (non-hydrogen) atoms. The molecule has 0 radical (unpaired) electrons. The highest BCUT2D eigenvalue weighted by Gasteiger charge is 2.37. The average molecular weight is 586 g/mol. The summed E-state index contributed by atoms with van der Waals surface area (Å²) in [5, 5.41) is 0. The van der Waals surface area contributed by atoms with E-state index >= 15 is 0 Å². The minimum Gasteiger partial charge on any atom is -0.493 e. The molecule has 0 unspecified atom stereocenters. The first-order valence-corrected chi connectivity index (χ1v) is 15.3. The Hall–Kier alpha value is -3.55. The Morgan fingerprint density at radius 1 is 1.09 bits per heavy atom. The molecule has 2 fully saturated rings. The van der Waals surface area contributed by atoms with Crippen LogP contribution in [-0.4, -0.2) is 41.2 Å². The van der Waals surface area contributed by atoms with Gasteiger partial charge in [-0.2, -0.15) is 0 Å². The Morgan fingerprint density at radius 2 is 1.84 bits per heavy atom. The number of aromatic nitrogens is 1. The zero-order valence-corrected chi connectivity index (χ0v) is 25.6. The first-order valence-electron chi connectivity index (χ1n) is 15.3. The number of halogens is 1. The molecule has 1 saturated heterocycles. The van der Waals surface area contributed by atoms with Crippen molar-refractivity contribution in [1.82, 2.24) is 4.98 Å². The minimum absolute atomic E-state index is 0.155. The van der Waals surface area contributed by atoms with Gasteiger partial charge in [0.25, 0.3) is 0 Å². The predicted octanol–water partition coefficient (Wildman–Crippen LogP) is 8.02. The number of carbonyl (C=O) groups is 1. The van der Waals surface area contributed by atoms with Crippen molar-refractivity contribution in [1.29, 1.82) is 0 Å². The van der Waals surface area contributed by atoms with Gasteiger partial charge < -0.3 is 18.9 Å². The summed E-state index contributed by atoms with van der Waals surface area (Å²) in [6.07, 6.45) is 7.06. The first kappa shape index (κ1) is 29.5. The lowest BCUT2D eigenvalue weighted by Gasteiger charge is -2.39. The van der Waals surface area contributed by atoms with Gasteiger partial charge in [0, 0.05) is 29.9 Å². The Labute approximate surface area is 253 Å². The maximum atomic E-state index is 14.1. The lowest BCUT2D eigenvalue weighted by atomic mass is 9.87. The van der Waals surface area contributed by atoms with Crippen molar-refractivity contribution in [2.24, 2.45) is 0 Å². The van der Waals surface area contributed by atoms with Crippen LogP contribution in [0.25, 0.3) is 28.5 Å². The number of hydrogen-bond acceptors (Lipinski definition) is 6. The van der Waals surface area contributed by atoms with Crippen molar-refractivity contribution in [3.8, 4) is 28.1 Å². The summed E-state index contributed by atoms with van der Waals surface area (Å²) in [7, 11) is 0. The molecule has 0 bridgehead atoms. The Balaban J connectivity index is 1.42. The molecule has 226 valence electrons. The number of fused-ring (bicyclic) bond motifs is 3. The van der Waals surface area contributed by atoms with E-state index in [-0.39, 0.29) is 30.4 Å². The summed E-state index contributed by atoms with van der Waals surface area (Å²) in [6, 6.07) is 14.8. The minimum atomic E-state index is -0.869. The molecular formula is C36H40FNO5. The summed E-state index contributed by atoms with van der Waals surface area (Å²) in [5.74, 6) is -0.243. The molecule has 2 aliphatic heterocycles. The van der Waals surface area contributed by atoms with Gasteiger partial charge in [0.2, 0.25) is 0 Å². The van der Waals surface area contributed by atoms with E-state index in [1.54, 1.807) is 0 Å². The highest BCUT2D eigenvalue weighted by Crippen LogP contribution is 2.48. The van der Waals surface area contributed by atoms with E-state index in [1.165, 1.54) is 12.1 Å². The predicted molar refractivity (Wildman–Crippen MR) is 164 cm³/mol. The topological polar surface area (TPSA) is 66.9 Å². The molecule has 0 spiro atoms. The van der Waals surface area contributed by atoms with Gasteiger partial charge in [-0.05, 0) is 88.4 Å². The van der Waals surface area contributed by atoms with Crippen LogP contribution < -0.4 is 4.74 Å². The van der Waals surface area contributed by atoms with Crippen LogP contribution in [0.5, 0.6) is 5.75 Å². The fourth-order valence-corrected chi connectivity index (χ4v) is 6.12. The second-order valence-electron chi connectivity index (χ2n) is 13.2. The molecule has 3 heterocycles. The molecule has 1 aliphatic carbocycles. The van der Waals surface area contributed by atoms with E-state index in [0.29, 0.717) is 25.4 Å². The molecule has 2 aromatic carbocycles. The zero-order valence-electron chi connectivity index (χ0n) is 25.6. The molecule has 6 rings (SSSR count). The maximum Gasteiger partial charge on any atom is 0.308 e. The number of nitrogens with zero attached hydrogens (tertiary/aromatic N) is 1. The van der Waals surface area contributed by atoms with Crippen LogP contribution in [0.3, 0.4) is 0 Å². The van der Waals surface area contributed by atoms with Gasteiger partial charge in [-0.3, -0.25) is 9.78 Å². The fourth-order valence-electron chi connectivity index (χ4n) is 6.12. The van der Waals surface area contributed by atoms with Crippen molar-refractivity contribution < 1.29 is 28.1 Å². The van der Waals surface area contributed by atoms with Gasteiger partial charge in [-0.1, -0.05) is 36.4 Å². The molecule has 0 N–H and O–H groups in total. The van der Waals surface area contributed by atoms with Gasteiger partial charge in [0.05, 0.1) is 36.6 Å². The average Bonchev–Trinajstić information content (AvgIpc) is 3.77. The highest BCUT2D eigenvalue weighted by atomic mass is 19.1. The van der Waals surface area contributed by atoms with Gasteiger partial charge in [0.1, 0.15) is 17.2 Å². The first-order chi connectivity index (χ1) is 20.5. The van der Waals surface area contributed by atoms with Crippen LogP contribution in [0.4, 0.5) is 4.39 Å². The molecule has 1 saturated carbocycles. The molecule has 0 amide bonds. The number of para-hydroxylation sites is 1. The normalized spacial score (nSPS) is 21.4. The third kappa shape index (κ3) is 6.84. The number of benzene rings is 2. The Bertz CT molecular complexity index is 1530. The van der Waals surface area contributed by atoms with Gasteiger partial charge in [0.15, 0.2) is 5.79 Å². The van der Waals surface area contributed by atoms with Crippen LogP contribution in [0.2, 0.25) is 0 Å². The smallest absolute Gasteiger partial charge is 0.308 e. The molecule has 1 aromatic heterocycles. The number of rotatable bonds is 6. The van der Waals surface area contributed by atoms with Crippen molar-refractivity contribution in [2.45, 2.75) is 96.2 Å². The summed E-state index contributed by atoms with van der Waals surface area (Å²) < 4.78 is 38.2. The molecule has 2 atom stereocenters. The van der Waals surface area contributed by atoms with Crippen LogP contribution in [0.1, 0.15) is 83.0 Å². The monoisotopic (exact) mass is 585 g/mol. The van der Waals surface area contributed by atoms with Crippen LogP contribution >= 0.6 is 0 Å². The van der Waals surface area contributed by atoms with Crippen LogP contribution in [0, 0.1) is 5.82 Å². The van der Waals surface area contributed by atoms with E-state index < -0.39 is 11.4 Å². The Morgan fingerprint density at radius 3 is 2.56 bits per heavy atom. The SMILES string of the molecule is CC(C)(C)OC(=O)C[C@H]1C[C@@H](/C=C/c2c(C3CC3)nc3c(c2-c2ccc(F)cc2)CCOc2ccccc2-3)OC(C)(C)O1. The van der Waals surface area contributed by atoms with Gasteiger partial charge in [-0.15, -0.1) is 0 Å². The van der Waals surface area contributed by atoms with Gasteiger partial charge in [-0.25, -0.2) is 4.39 Å². The highest BCUT2D eigenvalue weighted by molar-refractivity contribution is 5.86. The van der Waals surface area contributed by atoms with E-state index in [0.717, 1.165) is 57.8 Å². The van der Waals surface area contributed by atoms with E-state index in [2.05, 4.69) is 18.2 Å². The summed E-state index contributed by atoms with van der Waals surface area (Å²) in [5.41, 5.74) is 6.53. The van der Waals surface area contributed by atoms with Crippen LogP contribution in [0.15, 0.2) is 54.6 Å². The van der Waals surface area contributed by atoms with E-state index in [9.17, 15) is 9.18 Å². The standard InChI is InChI=1S/C36H40FNO5/c1-35(2,3)43-31(39)21-26-20-25(41-36(4,5)42-26)16-17-28-32(22-12-14-24(37)15-13-22)29-18-19-40-30-9-7-6-8-27(30)34(29)38-33(28)23-10-11-23/h6-9,12-17,23,25-26H,10-11,18-21H2,1-5H3/b17-16+/t25-,26-/m1/s1. The Kier molecular flexibility index (Phi) is 7.90. The summed E-state index contributed by atoms with van der Waals surface area (Å²) in [6.45, 7) is 9.85. The molecular weight excluding hydrogens is 545 g/mol. The summed E-state index contributed by atoms with van der Waals surface area (Å²) >= 11 is 0. The quantitative estimate of drug-likeness (QED) is 0.273. The van der Waals surface area contributed by atoms with Crippen molar-refractivity contribution in [3.63, 3.8) is 0 Å². The number of esters is 1. The number of carbonyl (C=O) groups excluding carboxylic acids is 1. The van der Waals surface area contributed by atoms with Crippen molar-refractivity contribution in [2.75, 3.05) is 6.61 Å². The lowest BCUT2D eigenvalue weighted by Crippen LogP contribution is -2.45. The largest absolute Gasteiger partial charge is 0.493 e. The molecule has 7 heteroatoms. The number of hydrogen-bond donors (Lipinski definition) is 0. The number of ether oxygens (including phenoxy) is 4. The molecule has 3 aliphatic rings.